The van der Waals surface area contributed by atoms with E-state index in [1.54, 1.807) is 0 Å². The zero-order valence-corrected chi connectivity index (χ0v) is 14.8. The summed E-state index contributed by atoms with van der Waals surface area (Å²) in [5, 5.41) is 8.81. The fourth-order valence-electron chi connectivity index (χ4n) is 3.88. The zero-order valence-electron chi connectivity index (χ0n) is 19.8. The van der Waals surface area contributed by atoms with Crippen LogP contribution in [-0.2, 0) is 0 Å². The van der Waals surface area contributed by atoms with Gasteiger partial charge in [0.1, 0.15) is 11.2 Å². The third-order valence-electron chi connectivity index (χ3n) is 5.13. The number of nitrogens with one attached hydrogen (secondary N) is 1. The zero-order chi connectivity index (χ0) is 22.9. The lowest BCUT2D eigenvalue weighted by molar-refractivity contribution is 0.676. The molecule has 0 unspecified atom stereocenters. The van der Waals surface area contributed by atoms with Gasteiger partial charge in [-0.25, -0.2) is 0 Å². The van der Waals surface area contributed by atoms with Gasteiger partial charge in [0.05, 0.1) is 6.85 Å². The molecule has 5 aromatic carbocycles. The summed E-state index contributed by atoms with van der Waals surface area (Å²) in [6.45, 7) is 0. The highest BCUT2D eigenvalue weighted by atomic mass is 16.3. The molecule has 0 aliphatic heterocycles. The molecule has 132 valence electrons. The molecular weight excluding hydrogens is 342 g/mol. The van der Waals surface area contributed by atoms with Gasteiger partial charge in [-0.15, -0.1) is 0 Å². The molecule has 2 heteroatoms. The van der Waals surface area contributed by atoms with E-state index in [1.165, 1.54) is 0 Å². The Morgan fingerprint density at radius 1 is 0.643 bits per heavy atom. The first kappa shape index (κ1) is 11.2. The lowest BCUT2D eigenvalue weighted by atomic mass is 10.0. The molecular formula is C26H17NO. The standard InChI is InChI=1S/C26H17NO/c1-2-9-18(10-3-1)27-24-16-23-22-15-14-17-8-4-5-11-19(17)25(22)28-26(23)21-13-7-6-12-20(21)24/h1-16,27H/i1D,2D,3D,9D,10D. The molecule has 6 rings (SSSR count). The van der Waals surface area contributed by atoms with Crippen molar-refractivity contribution in [1.82, 2.24) is 0 Å². The van der Waals surface area contributed by atoms with Crippen molar-refractivity contribution in [2.75, 3.05) is 5.32 Å². The lowest BCUT2D eigenvalue weighted by Gasteiger charge is -2.10. The molecule has 0 bridgehead atoms. The minimum absolute atomic E-state index is 0.0451. The Morgan fingerprint density at radius 3 is 2.18 bits per heavy atom. The number of anilines is 2. The molecule has 0 fully saturated rings. The van der Waals surface area contributed by atoms with Crippen LogP contribution < -0.4 is 5.32 Å². The number of benzene rings is 5. The van der Waals surface area contributed by atoms with Crippen molar-refractivity contribution in [2.24, 2.45) is 0 Å². The van der Waals surface area contributed by atoms with E-state index in [0.29, 0.717) is 5.69 Å². The molecule has 0 amide bonds. The van der Waals surface area contributed by atoms with Gasteiger partial charge < -0.3 is 9.73 Å². The maximum absolute atomic E-state index is 8.29. The fraction of sp³-hybridized carbons (Fsp3) is 0. The van der Waals surface area contributed by atoms with Crippen LogP contribution in [0, 0.1) is 0 Å². The number of hydrogen-bond donors (Lipinski definition) is 1. The van der Waals surface area contributed by atoms with E-state index in [9.17, 15) is 0 Å². The molecule has 0 spiro atoms. The number of para-hydroxylation sites is 1. The van der Waals surface area contributed by atoms with E-state index in [0.717, 1.165) is 43.5 Å². The minimum Gasteiger partial charge on any atom is -0.455 e. The maximum atomic E-state index is 8.29. The second kappa shape index (κ2) is 5.86. The summed E-state index contributed by atoms with van der Waals surface area (Å²) >= 11 is 0. The van der Waals surface area contributed by atoms with Crippen LogP contribution in [0.3, 0.4) is 0 Å². The summed E-state index contributed by atoms with van der Waals surface area (Å²) in [5.74, 6) is 0. The molecule has 0 aliphatic carbocycles. The molecule has 2 nitrogen and oxygen atoms in total. The normalized spacial score (nSPS) is 14.1. The lowest BCUT2D eigenvalue weighted by Crippen LogP contribution is -1.91. The molecule has 0 atom stereocenters. The second-order valence-corrected chi connectivity index (χ2v) is 6.74. The Hall–Kier alpha value is -3.78. The van der Waals surface area contributed by atoms with E-state index >= 15 is 0 Å². The predicted octanol–water partition coefficient (Wildman–Crippen LogP) is 7.64. The van der Waals surface area contributed by atoms with Gasteiger partial charge in [-0.1, -0.05) is 72.7 Å². The van der Waals surface area contributed by atoms with Crippen LogP contribution in [0.2, 0.25) is 0 Å². The number of rotatable bonds is 2. The van der Waals surface area contributed by atoms with Crippen molar-refractivity contribution in [3.05, 3.63) is 96.9 Å². The van der Waals surface area contributed by atoms with Crippen LogP contribution in [0.25, 0.3) is 43.5 Å². The summed E-state index contributed by atoms with van der Waals surface area (Å²) in [6.07, 6.45) is 0. The summed E-state index contributed by atoms with van der Waals surface area (Å²) in [5.41, 5.74) is 2.24. The predicted molar refractivity (Wildman–Crippen MR) is 118 cm³/mol. The Labute approximate surface area is 169 Å². The van der Waals surface area contributed by atoms with Crippen LogP contribution in [0.4, 0.5) is 11.4 Å². The fourth-order valence-corrected chi connectivity index (χ4v) is 3.88. The third-order valence-corrected chi connectivity index (χ3v) is 5.13. The average molecular weight is 364 g/mol. The van der Waals surface area contributed by atoms with Gasteiger partial charge in [0.15, 0.2) is 0 Å². The highest BCUT2D eigenvalue weighted by Gasteiger charge is 2.15. The van der Waals surface area contributed by atoms with Crippen LogP contribution in [0.15, 0.2) is 101 Å². The van der Waals surface area contributed by atoms with Crippen molar-refractivity contribution < 1.29 is 11.3 Å². The van der Waals surface area contributed by atoms with Crippen LogP contribution in [0.1, 0.15) is 6.85 Å². The van der Waals surface area contributed by atoms with E-state index < -0.39 is 6.04 Å². The van der Waals surface area contributed by atoms with Gasteiger partial charge in [-0.3, -0.25) is 0 Å². The molecule has 6 aromatic rings. The first-order chi connectivity index (χ1) is 16.0. The van der Waals surface area contributed by atoms with Gasteiger partial charge in [-0.05, 0) is 29.6 Å². The van der Waals surface area contributed by atoms with E-state index in [4.69, 9.17) is 11.3 Å². The monoisotopic (exact) mass is 364 g/mol. The van der Waals surface area contributed by atoms with Crippen LogP contribution >= 0.6 is 0 Å². The molecule has 0 saturated heterocycles. The summed E-state index contributed by atoms with van der Waals surface area (Å²) in [6, 6.07) is 20.1. The average Bonchev–Trinajstić information content (AvgIpc) is 3.23. The smallest absolute Gasteiger partial charge is 0.143 e. The van der Waals surface area contributed by atoms with Crippen molar-refractivity contribution in [3.8, 4) is 0 Å². The molecule has 0 aliphatic rings. The minimum atomic E-state index is -0.413. The molecule has 28 heavy (non-hydrogen) atoms. The Bertz CT molecular complexity index is 1730. The van der Waals surface area contributed by atoms with Crippen LogP contribution in [0.5, 0.6) is 0 Å². The van der Waals surface area contributed by atoms with Gasteiger partial charge in [-0.2, -0.15) is 0 Å². The molecule has 0 radical (unpaired) electrons. The maximum Gasteiger partial charge on any atom is 0.143 e. The van der Waals surface area contributed by atoms with E-state index in [1.807, 2.05) is 60.7 Å². The molecule has 1 N–H and O–H groups in total. The van der Waals surface area contributed by atoms with Crippen LogP contribution in [-0.4, -0.2) is 0 Å². The quantitative estimate of drug-likeness (QED) is 0.341. The number of furan rings is 1. The molecule has 0 saturated carbocycles. The van der Waals surface area contributed by atoms with Gasteiger partial charge >= 0.3 is 0 Å². The summed E-state index contributed by atoms with van der Waals surface area (Å²) in [7, 11) is 0. The van der Waals surface area contributed by atoms with Crippen molar-refractivity contribution in [3.63, 3.8) is 0 Å². The first-order valence-electron chi connectivity index (χ1n) is 11.6. The number of hydrogen-bond acceptors (Lipinski definition) is 2. The van der Waals surface area contributed by atoms with Crippen molar-refractivity contribution in [2.45, 2.75) is 0 Å². The highest BCUT2D eigenvalue weighted by molar-refractivity contribution is 6.22. The Morgan fingerprint density at radius 2 is 1.32 bits per heavy atom. The Balaban J connectivity index is 1.68. The summed E-state index contributed by atoms with van der Waals surface area (Å²) < 4.78 is 46.8. The van der Waals surface area contributed by atoms with E-state index in [2.05, 4.69) is 11.4 Å². The van der Waals surface area contributed by atoms with Crippen molar-refractivity contribution >= 4 is 54.9 Å². The first-order valence-corrected chi connectivity index (χ1v) is 9.05. The molecule has 1 aromatic heterocycles. The Kier molecular flexibility index (Phi) is 2.34. The van der Waals surface area contributed by atoms with Gasteiger partial charge in [0, 0.05) is 38.3 Å². The largest absolute Gasteiger partial charge is 0.455 e. The summed E-state index contributed by atoms with van der Waals surface area (Å²) in [4.78, 5) is 0. The topological polar surface area (TPSA) is 25.2 Å². The highest BCUT2D eigenvalue weighted by Crippen LogP contribution is 2.40. The second-order valence-electron chi connectivity index (χ2n) is 6.74. The number of fused-ring (bicyclic) bond motifs is 7. The SMILES string of the molecule is [2H]c1c([2H])c([2H])c(Nc2cc3c4ccc5ccccc5c4oc3c3ccccc23)c([2H])c1[2H]. The van der Waals surface area contributed by atoms with Crippen molar-refractivity contribution in [1.29, 1.82) is 0 Å². The molecule has 1 heterocycles. The van der Waals surface area contributed by atoms with Gasteiger partial charge in [0.25, 0.3) is 0 Å². The van der Waals surface area contributed by atoms with Gasteiger partial charge in [0.2, 0.25) is 0 Å². The third kappa shape index (κ3) is 2.21. The van der Waals surface area contributed by atoms with E-state index in [-0.39, 0.29) is 29.9 Å².